The standard InChI is InChI=1S/C24H29F3N2O4/c1-16-20(23(33-22(16)31)7-11-28(12-8-23)9-3-13-32-2)21(30)29-10-6-17-4-5-19(24(25,26)27)14-18(17)15-29/h4-5,14H,3,6-13,15H2,1-2H3. The molecular formula is C24H29F3N2O4. The first-order chi connectivity index (χ1) is 15.6. The molecule has 3 aliphatic rings. The topological polar surface area (TPSA) is 59.1 Å². The highest BCUT2D eigenvalue weighted by atomic mass is 19.4. The first kappa shape index (κ1) is 23.8. The molecule has 33 heavy (non-hydrogen) atoms. The van der Waals surface area contributed by atoms with Crippen molar-refractivity contribution in [2.75, 3.05) is 39.9 Å². The third-order valence-electron chi connectivity index (χ3n) is 6.96. The molecule has 180 valence electrons. The normalized spacial score (nSPS) is 20.9. The van der Waals surface area contributed by atoms with Gasteiger partial charge in [0.1, 0.15) is 5.60 Å². The number of alkyl halides is 3. The number of esters is 1. The van der Waals surface area contributed by atoms with E-state index in [9.17, 15) is 22.8 Å². The molecule has 0 atom stereocenters. The largest absolute Gasteiger partial charge is 0.450 e. The lowest BCUT2D eigenvalue weighted by molar-refractivity contribution is -0.151. The molecule has 1 aromatic carbocycles. The zero-order valence-corrected chi connectivity index (χ0v) is 19.0. The molecule has 1 spiro atoms. The molecule has 0 N–H and O–H groups in total. The van der Waals surface area contributed by atoms with Crippen LogP contribution in [-0.2, 0) is 38.2 Å². The predicted octanol–water partition coefficient (Wildman–Crippen LogP) is 3.33. The highest BCUT2D eigenvalue weighted by Crippen LogP contribution is 2.42. The lowest BCUT2D eigenvalue weighted by Gasteiger charge is -2.40. The molecule has 0 aliphatic carbocycles. The molecule has 1 saturated heterocycles. The van der Waals surface area contributed by atoms with E-state index in [0.717, 1.165) is 30.7 Å². The van der Waals surface area contributed by atoms with E-state index in [1.807, 2.05) is 0 Å². The molecule has 0 bridgehead atoms. The van der Waals surface area contributed by atoms with E-state index >= 15 is 0 Å². The molecule has 0 saturated carbocycles. The van der Waals surface area contributed by atoms with Gasteiger partial charge in [-0.2, -0.15) is 13.2 Å². The van der Waals surface area contributed by atoms with Gasteiger partial charge in [0.2, 0.25) is 0 Å². The Labute approximate surface area is 191 Å². The summed E-state index contributed by atoms with van der Waals surface area (Å²) in [5, 5.41) is 0. The number of likely N-dealkylation sites (tertiary alicyclic amines) is 1. The Morgan fingerprint density at radius 2 is 1.91 bits per heavy atom. The van der Waals surface area contributed by atoms with E-state index < -0.39 is 23.3 Å². The maximum Gasteiger partial charge on any atom is 0.416 e. The van der Waals surface area contributed by atoms with E-state index in [4.69, 9.17) is 9.47 Å². The van der Waals surface area contributed by atoms with Crippen molar-refractivity contribution < 1.29 is 32.2 Å². The summed E-state index contributed by atoms with van der Waals surface area (Å²) >= 11 is 0. The van der Waals surface area contributed by atoms with Crippen molar-refractivity contribution in [3.05, 3.63) is 46.0 Å². The van der Waals surface area contributed by atoms with E-state index in [0.29, 0.717) is 62.2 Å². The third-order valence-corrected chi connectivity index (χ3v) is 6.96. The number of hydrogen-bond acceptors (Lipinski definition) is 5. The van der Waals surface area contributed by atoms with Crippen molar-refractivity contribution in [2.45, 2.75) is 50.9 Å². The van der Waals surface area contributed by atoms with Gasteiger partial charge in [-0.15, -0.1) is 0 Å². The lowest BCUT2D eigenvalue weighted by atomic mass is 9.82. The highest BCUT2D eigenvalue weighted by Gasteiger charge is 2.51. The van der Waals surface area contributed by atoms with Gasteiger partial charge in [-0.25, -0.2) is 4.79 Å². The van der Waals surface area contributed by atoms with Crippen LogP contribution < -0.4 is 0 Å². The smallest absolute Gasteiger partial charge is 0.416 e. The van der Waals surface area contributed by atoms with E-state index in [-0.39, 0.29) is 12.5 Å². The maximum atomic E-state index is 13.6. The Morgan fingerprint density at radius 3 is 2.58 bits per heavy atom. The monoisotopic (exact) mass is 466 g/mol. The number of amides is 1. The van der Waals surface area contributed by atoms with Crippen LogP contribution in [0.25, 0.3) is 0 Å². The number of nitrogens with zero attached hydrogens (tertiary/aromatic N) is 2. The zero-order valence-electron chi connectivity index (χ0n) is 19.0. The molecule has 1 amide bonds. The van der Waals surface area contributed by atoms with Gasteiger partial charge in [-0.05, 0) is 43.0 Å². The number of piperidine rings is 1. The number of carbonyl (C=O) groups excluding carboxylic acids is 2. The molecule has 0 radical (unpaired) electrons. The second kappa shape index (κ2) is 9.10. The minimum atomic E-state index is -4.44. The van der Waals surface area contributed by atoms with Gasteiger partial charge in [0.25, 0.3) is 5.91 Å². The van der Waals surface area contributed by atoms with Gasteiger partial charge in [0, 0.05) is 64.9 Å². The summed E-state index contributed by atoms with van der Waals surface area (Å²) in [4.78, 5) is 29.9. The fourth-order valence-electron chi connectivity index (χ4n) is 5.09. The molecule has 0 unspecified atom stereocenters. The number of ether oxygens (including phenoxy) is 2. The van der Waals surface area contributed by atoms with Crippen LogP contribution in [0, 0.1) is 0 Å². The average Bonchev–Trinajstić information content (AvgIpc) is 3.02. The molecule has 0 aromatic heterocycles. The second-order valence-electron chi connectivity index (χ2n) is 9.03. The molecule has 3 aliphatic heterocycles. The summed E-state index contributed by atoms with van der Waals surface area (Å²) in [5.74, 6) is -0.794. The molecule has 4 rings (SSSR count). The summed E-state index contributed by atoms with van der Waals surface area (Å²) in [6, 6.07) is 3.70. The number of halogens is 3. The molecule has 1 aromatic rings. The Morgan fingerprint density at radius 1 is 1.18 bits per heavy atom. The van der Waals surface area contributed by atoms with E-state index in [1.165, 1.54) is 6.07 Å². The number of methoxy groups -OCH3 is 1. The van der Waals surface area contributed by atoms with Crippen molar-refractivity contribution in [1.82, 2.24) is 9.80 Å². The Balaban J connectivity index is 1.52. The van der Waals surface area contributed by atoms with Gasteiger partial charge < -0.3 is 19.3 Å². The van der Waals surface area contributed by atoms with Crippen LogP contribution in [-0.4, -0.2) is 67.2 Å². The quantitative estimate of drug-likeness (QED) is 0.492. The Bertz CT molecular complexity index is 965. The van der Waals surface area contributed by atoms with Crippen LogP contribution >= 0.6 is 0 Å². The maximum absolute atomic E-state index is 13.6. The highest BCUT2D eigenvalue weighted by molar-refractivity contribution is 6.07. The Kier molecular flexibility index (Phi) is 6.55. The van der Waals surface area contributed by atoms with Crippen LogP contribution in [0.5, 0.6) is 0 Å². The molecular weight excluding hydrogens is 437 g/mol. The first-order valence-corrected chi connectivity index (χ1v) is 11.3. The van der Waals surface area contributed by atoms with Gasteiger partial charge in [0.05, 0.1) is 11.1 Å². The first-order valence-electron chi connectivity index (χ1n) is 11.3. The zero-order chi connectivity index (χ0) is 23.8. The van der Waals surface area contributed by atoms with Crippen LogP contribution in [0.4, 0.5) is 13.2 Å². The minimum Gasteiger partial charge on any atom is -0.450 e. The summed E-state index contributed by atoms with van der Waals surface area (Å²) < 4.78 is 50.4. The van der Waals surface area contributed by atoms with Crippen LogP contribution in [0.3, 0.4) is 0 Å². The Hall–Kier alpha value is -2.39. The number of fused-ring (bicyclic) bond motifs is 1. The van der Waals surface area contributed by atoms with E-state index in [2.05, 4.69) is 4.90 Å². The van der Waals surface area contributed by atoms with Crippen molar-refractivity contribution in [2.24, 2.45) is 0 Å². The molecule has 9 heteroatoms. The number of carbonyl (C=O) groups is 2. The molecule has 6 nitrogen and oxygen atoms in total. The number of rotatable bonds is 5. The van der Waals surface area contributed by atoms with Gasteiger partial charge in [-0.3, -0.25) is 4.79 Å². The number of hydrogen-bond donors (Lipinski definition) is 0. The van der Waals surface area contributed by atoms with Crippen molar-refractivity contribution in [3.63, 3.8) is 0 Å². The van der Waals surface area contributed by atoms with Crippen molar-refractivity contribution >= 4 is 11.9 Å². The van der Waals surface area contributed by atoms with Gasteiger partial charge >= 0.3 is 12.1 Å². The third kappa shape index (κ3) is 4.66. The summed E-state index contributed by atoms with van der Waals surface area (Å²) in [5.41, 5.74) is 0.319. The van der Waals surface area contributed by atoms with Gasteiger partial charge in [0.15, 0.2) is 0 Å². The van der Waals surface area contributed by atoms with Crippen molar-refractivity contribution in [3.8, 4) is 0 Å². The van der Waals surface area contributed by atoms with Crippen LogP contribution in [0.15, 0.2) is 29.3 Å². The van der Waals surface area contributed by atoms with E-state index in [1.54, 1.807) is 18.9 Å². The second-order valence-corrected chi connectivity index (χ2v) is 9.03. The summed E-state index contributed by atoms with van der Waals surface area (Å²) in [6.07, 6.45) is -2.02. The molecule has 3 heterocycles. The van der Waals surface area contributed by atoms with Gasteiger partial charge in [-0.1, -0.05) is 6.07 Å². The predicted molar refractivity (Wildman–Crippen MR) is 114 cm³/mol. The minimum absolute atomic E-state index is 0.0856. The lowest BCUT2D eigenvalue weighted by Crippen LogP contribution is -2.50. The fourth-order valence-corrected chi connectivity index (χ4v) is 5.09. The number of benzene rings is 1. The molecule has 1 fully saturated rings. The fraction of sp³-hybridized carbons (Fsp3) is 0.583. The van der Waals surface area contributed by atoms with Crippen molar-refractivity contribution in [1.29, 1.82) is 0 Å². The van der Waals surface area contributed by atoms with Crippen LogP contribution in [0.1, 0.15) is 42.9 Å². The summed E-state index contributed by atoms with van der Waals surface area (Å²) in [6.45, 7) is 5.01. The summed E-state index contributed by atoms with van der Waals surface area (Å²) in [7, 11) is 1.66. The SMILES string of the molecule is COCCCN1CCC2(CC1)OC(=O)C(C)=C2C(=O)N1CCc2ccc(C(F)(F)F)cc2C1. The average molecular weight is 467 g/mol. The van der Waals surface area contributed by atoms with Crippen LogP contribution in [0.2, 0.25) is 0 Å².